The molecule has 2 aromatic carbocycles. The fourth-order valence-electron chi connectivity index (χ4n) is 1.09. The molecule has 0 fully saturated rings. The lowest BCUT2D eigenvalue weighted by molar-refractivity contribution is 0.624. The van der Waals surface area contributed by atoms with Crippen LogP contribution in [0, 0.1) is 5.82 Å². The molecule has 76 valence electrons. The SMILES string of the molecule is Fc1cccc(SSc2ccccc2)c1. The van der Waals surface area contributed by atoms with Crippen LogP contribution in [0.4, 0.5) is 4.39 Å². The van der Waals surface area contributed by atoms with Gasteiger partial charge in [0.05, 0.1) is 0 Å². The fraction of sp³-hybridized carbons (Fsp3) is 0. The highest BCUT2D eigenvalue weighted by molar-refractivity contribution is 8.76. The standard InChI is InChI=1S/C12H9FS2/c13-10-5-4-8-12(9-10)15-14-11-6-2-1-3-7-11/h1-9H. The van der Waals surface area contributed by atoms with Crippen molar-refractivity contribution in [2.75, 3.05) is 0 Å². The Labute approximate surface area is 96.3 Å². The Morgan fingerprint density at radius 1 is 0.733 bits per heavy atom. The van der Waals surface area contributed by atoms with Crippen molar-refractivity contribution >= 4 is 21.6 Å². The normalized spacial score (nSPS) is 10.2. The van der Waals surface area contributed by atoms with Crippen LogP contribution in [0.5, 0.6) is 0 Å². The molecule has 0 saturated heterocycles. The lowest BCUT2D eigenvalue weighted by atomic mass is 10.4. The first-order chi connectivity index (χ1) is 7.34. The highest BCUT2D eigenvalue weighted by atomic mass is 33.1. The number of hydrogen-bond acceptors (Lipinski definition) is 2. The molecule has 0 bridgehead atoms. The van der Waals surface area contributed by atoms with Crippen LogP contribution in [0.15, 0.2) is 64.4 Å². The monoisotopic (exact) mass is 236 g/mol. The second-order valence-electron chi connectivity index (χ2n) is 2.94. The Morgan fingerprint density at radius 2 is 1.40 bits per heavy atom. The van der Waals surface area contributed by atoms with Gasteiger partial charge in [0.25, 0.3) is 0 Å². The van der Waals surface area contributed by atoms with E-state index in [1.54, 1.807) is 33.7 Å². The number of halogens is 1. The first-order valence-electron chi connectivity index (χ1n) is 4.50. The van der Waals surface area contributed by atoms with Crippen LogP contribution in [-0.2, 0) is 0 Å². The van der Waals surface area contributed by atoms with Gasteiger partial charge in [-0.25, -0.2) is 4.39 Å². The molecule has 0 saturated carbocycles. The molecule has 2 aromatic rings. The maximum absolute atomic E-state index is 12.9. The summed E-state index contributed by atoms with van der Waals surface area (Å²) in [5.74, 6) is -0.186. The van der Waals surface area contributed by atoms with Crippen LogP contribution >= 0.6 is 21.6 Å². The summed E-state index contributed by atoms with van der Waals surface area (Å²) in [4.78, 5) is 2.11. The van der Waals surface area contributed by atoms with Crippen molar-refractivity contribution in [1.29, 1.82) is 0 Å². The third-order valence-corrected chi connectivity index (χ3v) is 4.17. The van der Waals surface area contributed by atoms with E-state index in [0.29, 0.717) is 0 Å². The quantitative estimate of drug-likeness (QED) is 0.713. The van der Waals surface area contributed by atoms with Gasteiger partial charge in [0, 0.05) is 9.79 Å². The Hall–Kier alpha value is -0.930. The maximum Gasteiger partial charge on any atom is 0.124 e. The minimum atomic E-state index is -0.186. The minimum Gasteiger partial charge on any atom is -0.207 e. The van der Waals surface area contributed by atoms with E-state index in [9.17, 15) is 4.39 Å². The van der Waals surface area contributed by atoms with Crippen LogP contribution < -0.4 is 0 Å². The average molecular weight is 236 g/mol. The third-order valence-electron chi connectivity index (χ3n) is 1.77. The second-order valence-corrected chi connectivity index (χ2v) is 5.21. The molecule has 0 radical (unpaired) electrons. The zero-order valence-corrected chi connectivity index (χ0v) is 9.52. The molecule has 0 unspecified atom stereocenters. The highest BCUT2D eigenvalue weighted by Crippen LogP contribution is 2.36. The van der Waals surface area contributed by atoms with Crippen LogP contribution in [0.3, 0.4) is 0 Å². The molecule has 3 heteroatoms. The van der Waals surface area contributed by atoms with E-state index in [0.717, 1.165) is 4.90 Å². The van der Waals surface area contributed by atoms with Crippen molar-refractivity contribution in [1.82, 2.24) is 0 Å². The Balaban J connectivity index is 1.99. The van der Waals surface area contributed by atoms with Gasteiger partial charge in [0.15, 0.2) is 0 Å². The van der Waals surface area contributed by atoms with E-state index < -0.39 is 0 Å². The van der Waals surface area contributed by atoms with E-state index in [-0.39, 0.29) is 5.82 Å². The topological polar surface area (TPSA) is 0 Å². The smallest absolute Gasteiger partial charge is 0.124 e. The van der Waals surface area contributed by atoms with Gasteiger partial charge in [-0.1, -0.05) is 45.9 Å². The van der Waals surface area contributed by atoms with Gasteiger partial charge in [0.2, 0.25) is 0 Å². The molecule has 0 aliphatic carbocycles. The summed E-state index contributed by atoms with van der Waals surface area (Å²) in [7, 11) is 3.20. The maximum atomic E-state index is 12.9. The second kappa shape index (κ2) is 5.24. The summed E-state index contributed by atoms with van der Waals surface area (Å²) in [5, 5.41) is 0. The van der Waals surface area contributed by atoms with Gasteiger partial charge < -0.3 is 0 Å². The predicted molar refractivity (Wildman–Crippen MR) is 64.6 cm³/mol. The van der Waals surface area contributed by atoms with E-state index in [4.69, 9.17) is 0 Å². The number of rotatable bonds is 3. The van der Waals surface area contributed by atoms with E-state index in [1.807, 2.05) is 36.4 Å². The fourth-order valence-corrected chi connectivity index (χ4v) is 3.07. The number of benzene rings is 2. The summed E-state index contributed by atoms with van der Waals surface area (Å²) in [6.45, 7) is 0. The molecule has 0 N–H and O–H groups in total. The van der Waals surface area contributed by atoms with Crippen molar-refractivity contribution in [2.24, 2.45) is 0 Å². The van der Waals surface area contributed by atoms with Crippen LogP contribution in [0.1, 0.15) is 0 Å². The van der Waals surface area contributed by atoms with Gasteiger partial charge in [0.1, 0.15) is 5.82 Å². The van der Waals surface area contributed by atoms with Crippen LogP contribution in [0.25, 0.3) is 0 Å². The lowest BCUT2D eigenvalue weighted by Crippen LogP contribution is -1.73. The van der Waals surface area contributed by atoms with Crippen molar-refractivity contribution in [3.63, 3.8) is 0 Å². The molecule has 0 aromatic heterocycles. The Kier molecular flexibility index (Phi) is 3.69. The lowest BCUT2D eigenvalue weighted by Gasteiger charge is -2.00. The molecular weight excluding hydrogens is 227 g/mol. The molecule has 0 aliphatic rings. The molecule has 0 heterocycles. The number of hydrogen-bond donors (Lipinski definition) is 0. The van der Waals surface area contributed by atoms with Crippen LogP contribution in [0.2, 0.25) is 0 Å². The Morgan fingerprint density at radius 3 is 2.13 bits per heavy atom. The van der Waals surface area contributed by atoms with Crippen molar-refractivity contribution in [3.8, 4) is 0 Å². The molecular formula is C12H9FS2. The Bertz CT molecular complexity index is 429. The predicted octanol–water partition coefficient (Wildman–Crippen LogP) is 4.63. The molecule has 0 amide bonds. The summed E-state index contributed by atoms with van der Waals surface area (Å²) in [6.07, 6.45) is 0. The van der Waals surface area contributed by atoms with Crippen molar-refractivity contribution < 1.29 is 4.39 Å². The van der Waals surface area contributed by atoms with Gasteiger partial charge in [-0.15, -0.1) is 0 Å². The van der Waals surface area contributed by atoms with Crippen molar-refractivity contribution in [2.45, 2.75) is 9.79 Å². The summed E-state index contributed by atoms with van der Waals surface area (Å²) < 4.78 is 12.9. The zero-order chi connectivity index (χ0) is 10.5. The van der Waals surface area contributed by atoms with Crippen LogP contribution in [-0.4, -0.2) is 0 Å². The van der Waals surface area contributed by atoms with Gasteiger partial charge in [-0.3, -0.25) is 0 Å². The third kappa shape index (κ3) is 3.29. The molecule has 2 rings (SSSR count). The van der Waals surface area contributed by atoms with E-state index >= 15 is 0 Å². The molecule has 0 spiro atoms. The average Bonchev–Trinajstić information content (AvgIpc) is 2.28. The molecule has 0 aliphatic heterocycles. The highest BCUT2D eigenvalue weighted by Gasteiger charge is 1.97. The van der Waals surface area contributed by atoms with Gasteiger partial charge in [-0.05, 0) is 30.3 Å². The first-order valence-corrected chi connectivity index (χ1v) is 6.65. The van der Waals surface area contributed by atoms with Crippen molar-refractivity contribution in [3.05, 3.63) is 60.4 Å². The van der Waals surface area contributed by atoms with E-state index in [1.165, 1.54) is 11.0 Å². The summed E-state index contributed by atoms with van der Waals surface area (Å²) >= 11 is 0. The van der Waals surface area contributed by atoms with Gasteiger partial charge in [-0.2, -0.15) is 0 Å². The van der Waals surface area contributed by atoms with Gasteiger partial charge >= 0.3 is 0 Å². The summed E-state index contributed by atoms with van der Waals surface area (Å²) in [5.41, 5.74) is 0. The zero-order valence-electron chi connectivity index (χ0n) is 7.89. The molecule has 15 heavy (non-hydrogen) atoms. The minimum absolute atomic E-state index is 0.186. The molecule has 0 atom stereocenters. The molecule has 0 nitrogen and oxygen atoms in total. The largest absolute Gasteiger partial charge is 0.207 e. The summed E-state index contributed by atoms with van der Waals surface area (Å²) in [6, 6.07) is 16.7. The first kappa shape index (κ1) is 10.6. The van der Waals surface area contributed by atoms with E-state index in [2.05, 4.69) is 0 Å².